The summed E-state index contributed by atoms with van der Waals surface area (Å²) in [7, 11) is 0. The van der Waals surface area contributed by atoms with Crippen LogP contribution in [0.25, 0.3) is 0 Å². The average molecular weight is 297 g/mol. The van der Waals surface area contributed by atoms with Crippen LogP contribution < -0.4 is 5.32 Å². The number of hydrogen-bond donors (Lipinski definition) is 1. The van der Waals surface area contributed by atoms with Crippen LogP contribution in [-0.2, 0) is 0 Å². The van der Waals surface area contributed by atoms with Crippen molar-refractivity contribution in [1.29, 1.82) is 0 Å². The van der Waals surface area contributed by atoms with Crippen molar-refractivity contribution in [3.8, 4) is 0 Å². The van der Waals surface area contributed by atoms with Gasteiger partial charge in [0.05, 0.1) is 0 Å². The maximum absolute atomic E-state index is 12.0. The SMILES string of the molecule is CC1CCC(NC(=O)c2cccc(Br)n2)C1C. The minimum atomic E-state index is -0.0720. The van der Waals surface area contributed by atoms with Crippen molar-refractivity contribution in [3.63, 3.8) is 0 Å². The number of carbonyl (C=O) groups excluding carboxylic acids is 1. The Morgan fingerprint density at radius 2 is 2.18 bits per heavy atom. The number of pyridine rings is 1. The molecule has 0 aliphatic heterocycles. The maximum atomic E-state index is 12.0. The molecule has 1 aliphatic rings. The standard InChI is InChI=1S/C13H17BrN2O/c1-8-6-7-10(9(8)2)16-13(17)11-4-3-5-12(14)15-11/h3-5,8-10H,6-7H2,1-2H3,(H,16,17). The van der Waals surface area contributed by atoms with Crippen molar-refractivity contribution >= 4 is 21.8 Å². The van der Waals surface area contributed by atoms with Crippen LogP contribution in [0.1, 0.15) is 37.2 Å². The first-order valence-corrected chi connectivity index (χ1v) is 6.80. The molecule has 3 atom stereocenters. The molecule has 0 aromatic carbocycles. The summed E-state index contributed by atoms with van der Waals surface area (Å²) in [5.41, 5.74) is 0.478. The lowest BCUT2D eigenvalue weighted by molar-refractivity contribution is 0.0922. The Morgan fingerprint density at radius 3 is 2.76 bits per heavy atom. The van der Waals surface area contributed by atoms with Crippen LogP contribution in [0, 0.1) is 11.8 Å². The van der Waals surface area contributed by atoms with Gasteiger partial charge in [-0.1, -0.05) is 19.9 Å². The first-order valence-electron chi connectivity index (χ1n) is 6.01. The highest BCUT2D eigenvalue weighted by Crippen LogP contribution is 2.31. The van der Waals surface area contributed by atoms with Crippen molar-refractivity contribution in [3.05, 3.63) is 28.5 Å². The lowest BCUT2D eigenvalue weighted by atomic mass is 9.98. The van der Waals surface area contributed by atoms with Crippen molar-refractivity contribution in [1.82, 2.24) is 10.3 Å². The Bertz CT molecular complexity index is 422. The molecule has 1 saturated carbocycles. The summed E-state index contributed by atoms with van der Waals surface area (Å²) in [4.78, 5) is 16.2. The molecule has 0 bridgehead atoms. The molecule has 1 fully saturated rings. The fourth-order valence-electron chi connectivity index (χ4n) is 2.35. The highest BCUT2D eigenvalue weighted by Gasteiger charge is 2.31. The molecule has 1 amide bonds. The third-order valence-electron chi connectivity index (χ3n) is 3.73. The molecule has 92 valence electrons. The highest BCUT2D eigenvalue weighted by molar-refractivity contribution is 9.10. The van der Waals surface area contributed by atoms with E-state index in [2.05, 4.69) is 40.1 Å². The molecule has 1 aliphatic carbocycles. The van der Waals surface area contributed by atoms with E-state index in [-0.39, 0.29) is 5.91 Å². The summed E-state index contributed by atoms with van der Waals surface area (Å²) in [6.07, 6.45) is 2.26. The predicted octanol–water partition coefficient (Wildman–Crippen LogP) is 3.01. The normalized spacial score (nSPS) is 28.1. The second kappa shape index (κ2) is 5.17. The van der Waals surface area contributed by atoms with Gasteiger partial charge < -0.3 is 5.32 Å². The lowest BCUT2D eigenvalue weighted by Crippen LogP contribution is -2.37. The number of halogens is 1. The first kappa shape index (κ1) is 12.6. The molecule has 2 rings (SSSR count). The molecule has 1 heterocycles. The smallest absolute Gasteiger partial charge is 0.270 e. The fourth-order valence-corrected chi connectivity index (χ4v) is 2.69. The van der Waals surface area contributed by atoms with Crippen molar-refractivity contribution in [2.75, 3.05) is 0 Å². The fraction of sp³-hybridized carbons (Fsp3) is 0.538. The van der Waals surface area contributed by atoms with E-state index in [1.165, 1.54) is 6.42 Å². The lowest BCUT2D eigenvalue weighted by Gasteiger charge is -2.19. The van der Waals surface area contributed by atoms with Gasteiger partial charge in [-0.2, -0.15) is 0 Å². The molecular formula is C13H17BrN2O. The van der Waals surface area contributed by atoms with Crippen LogP contribution in [0.2, 0.25) is 0 Å². The molecule has 1 aromatic heterocycles. The van der Waals surface area contributed by atoms with E-state index in [0.717, 1.165) is 6.42 Å². The predicted molar refractivity (Wildman–Crippen MR) is 70.8 cm³/mol. The van der Waals surface area contributed by atoms with Gasteiger partial charge in [-0.15, -0.1) is 0 Å². The summed E-state index contributed by atoms with van der Waals surface area (Å²) >= 11 is 3.27. The number of nitrogens with zero attached hydrogens (tertiary/aromatic N) is 1. The third-order valence-corrected chi connectivity index (χ3v) is 4.17. The van der Waals surface area contributed by atoms with Crippen LogP contribution in [0.15, 0.2) is 22.8 Å². The van der Waals surface area contributed by atoms with Crippen molar-refractivity contribution in [2.45, 2.75) is 32.7 Å². The summed E-state index contributed by atoms with van der Waals surface area (Å²) in [5, 5.41) is 3.08. The minimum Gasteiger partial charge on any atom is -0.348 e. The van der Waals surface area contributed by atoms with Crippen LogP contribution in [0.5, 0.6) is 0 Å². The number of aromatic nitrogens is 1. The maximum Gasteiger partial charge on any atom is 0.270 e. The molecule has 17 heavy (non-hydrogen) atoms. The largest absolute Gasteiger partial charge is 0.348 e. The zero-order chi connectivity index (χ0) is 12.4. The van der Waals surface area contributed by atoms with Crippen LogP contribution in [0.3, 0.4) is 0 Å². The molecule has 0 radical (unpaired) electrons. The molecular weight excluding hydrogens is 280 g/mol. The number of hydrogen-bond acceptors (Lipinski definition) is 2. The summed E-state index contributed by atoms with van der Waals surface area (Å²) < 4.78 is 0.693. The Hall–Kier alpha value is -0.900. The van der Waals surface area contributed by atoms with Gasteiger partial charge in [0.15, 0.2) is 0 Å². The van der Waals surface area contributed by atoms with Gasteiger partial charge in [0.25, 0.3) is 5.91 Å². The van der Waals surface area contributed by atoms with E-state index in [1.807, 2.05) is 12.1 Å². The van der Waals surface area contributed by atoms with Crippen LogP contribution in [-0.4, -0.2) is 16.9 Å². The molecule has 0 saturated heterocycles. The second-order valence-corrected chi connectivity index (χ2v) is 5.65. The topological polar surface area (TPSA) is 42.0 Å². The number of rotatable bonds is 2. The molecule has 1 N–H and O–H groups in total. The van der Waals surface area contributed by atoms with E-state index in [0.29, 0.717) is 28.2 Å². The number of carbonyl (C=O) groups is 1. The Balaban J connectivity index is 2.02. The van der Waals surface area contributed by atoms with E-state index in [4.69, 9.17) is 0 Å². The number of amides is 1. The summed E-state index contributed by atoms with van der Waals surface area (Å²) in [6, 6.07) is 5.67. The average Bonchev–Trinajstić information content (AvgIpc) is 2.61. The number of nitrogens with one attached hydrogen (secondary N) is 1. The van der Waals surface area contributed by atoms with Gasteiger partial charge in [-0.3, -0.25) is 4.79 Å². The quantitative estimate of drug-likeness (QED) is 0.853. The van der Waals surface area contributed by atoms with E-state index in [1.54, 1.807) is 6.07 Å². The van der Waals surface area contributed by atoms with E-state index < -0.39 is 0 Å². The summed E-state index contributed by atoms with van der Waals surface area (Å²) in [5.74, 6) is 1.17. The first-order chi connectivity index (χ1) is 8.08. The van der Waals surface area contributed by atoms with Crippen molar-refractivity contribution in [2.24, 2.45) is 11.8 Å². The zero-order valence-corrected chi connectivity index (χ0v) is 11.7. The molecule has 1 aromatic rings. The minimum absolute atomic E-state index is 0.0720. The Kier molecular flexibility index (Phi) is 3.82. The molecule has 4 heteroatoms. The molecule has 0 spiro atoms. The molecule has 3 unspecified atom stereocenters. The van der Waals surface area contributed by atoms with Crippen LogP contribution in [0.4, 0.5) is 0 Å². The monoisotopic (exact) mass is 296 g/mol. The van der Waals surface area contributed by atoms with Gasteiger partial charge in [0, 0.05) is 6.04 Å². The zero-order valence-electron chi connectivity index (χ0n) is 10.1. The Morgan fingerprint density at radius 1 is 1.41 bits per heavy atom. The highest BCUT2D eigenvalue weighted by atomic mass is 79.9. The van der Waals surface area contributed by atoms with E-state index >= 15 is 0 Å². The molecule has 3 nitrogen and oxygen atoms in total. The van der Waals surface area contributed by atoms with Gasteiger partial charge in [0.2, 0.25) is 0 Å². The summed E-state index contributed by atoms with van der Waals surface area (Å²) in [6.45, 7) is 4.45. The van der Waals surface area contributed by atoms with Crippen LogP contribution >= 0.6 is 15.9 Å². The van der Waals surface area contributed by atoms with E-state index in [9.17, 15) is 4.79 Å². The van der Waals surface area contributed by atoms with Gasteiger partial charge >= 0.3 is 0 Å². The van der Waals surface area contributed by atoms with Crippen molar-refractivity contribution < 1.29 is 4.79 Å². The van der Waals surface area contributed by atoms with Gasteiger partial charge in [-0.25, -0.2) is 4.98 Å². The second-order valence-electron chi connectivity index (χ2n) is 4.84. The van der Waals surface area contributed by atoms with Gasteiger partial charge in [-0.05, 0) is 52.7 Å². The third kappa shape index (κ3) is 2.86. The Labute approximate surface area is 110 Å². The van der Waals surface area contributed by atoms with Gasteiger partial charge in [0.1, 0.15) is 10.3 Å².